The van der Waals surface area contributed by atoms with Crippen LogP contribution in [0.3, 0.4) is 0 Å². The van der Waals surface area contributed by atoms with Crippen molar-refractivity contribution in [3.05, 3.63) is 65.2 Å². The highest BCUT2D eigenvalue weighted by atomic mass is 32.1. The Morgan fingerprint density at radius 1 is 1.04 bits per heavy atom. The van der Waals surface area contributed by atoms with Crippen LogP contribution in [0, 0.1) is 0 Å². The van der Waals surface area contributed by atoms with Gasteiger partial charge in [-0.25, -0.2) is 0 Å². The van der Waals surface area contributed by atoms with Gasteiger partial charge in [0.2, 0.25) is 0 Å². The van der Waals surface area contributed by atoms with Crippen LogP contribution in [-0.4, -0.2) is 11.8 Å². The first-order valence-corrected chi connectivity index (χ1v) is 8.84. The number of carbonyl (C=O) groups is 2. The molecule has 2 heterocycles. The van der Waals surface area contributed by atoms with E-state index in [1.165, 1.54) is 5.56 Å². The summed E-state index contributed by atoms with van der Waals surface area (Å²) < 4.78 is 5.67. The smallest absolute Gasteiger partial charge is 0.313 e. The van der Waals surface area contributed by atoms with Crippen molar-refractivity contribution >= 4 is 28.8 Å². The fourth-order valence-electron chi connectivity index (χ4n) is 2.28. The van der Waals surface area contributed by atoms with E-state index >= 15 is 0 Å². The molecule has 2 aromatic heterocycles. The van der Waals surface area contributed by atoms with Crippen LogP contribution in [0.4, 0.5) is 5.69 Å². The first-order chi connectivity index (χ1) is 12.2. The molecule has 0 fully saturated rings. The molecule has 6 heteroatoms. The number of rotatable bonds is 5. The Morgan fingerprint density at radius 3 is 2.52 bits per heavy atom. The molecule has 0 aliphatic rings. The van der Waals surface area contributed by atoms with Crippen LogP contribution in [0.1, 0.15) is 18.2 Å². The Balaban J connectivity index is 1.52. The molecule has 0 bridgehead atoms. The summed E-state index contributed by atoms with van der Waals surface area (Å²) in [5, 5.41) is 7.10. The van der Waals surface area contributed by atoms with Gasteiger partial charge in [-0.2, -0.15) is 0 Å². The van der Waals surface area contributed by atoms with E-state index in [-0.39, 0.29) is 6.54 Å². The third-order valence-corrected chi connectivity index (χ3v) is 4.56. The largest absolute Gasteiger partial charge is 0.458 e. The zero-order valence-electron chi connectivity index (χ0n) is 13.7. The highest BCUT2D eigenvalue weighted by Crippen LogP contribution is 2.26. The number of amides is 2. The van der Waals surface area contributed by atoms with E-state index in [1.807, 2.05) is 35.7 Å². The summed E-state index contributed by atoms with van der Waals surface area (Å²) in [6.07, 6.45) is 0.922. The van der Waals surface area contributed by atoms with E-state index in [0.717, 1.165) is 17.1 Å². The van der Waals surface area contributed by atoms with Gasteiger partial charge >= 0.3 is 11.8 Å². The second-order valence-corrected chi connectivity index (χ2v) is 6.38. The molecule has 0 aliphatic heterocycles. The molecule has 0 saturated heterocycles. The van der Waals surface area contributed by atoms with Crippen LogP contribution in [0.2, 0.25) is 0 Å². The van der Waals surface area contributed by atoms with Crippen LogP contribution in [-0.2, 0) is 22.6 Å². The minimum atomic E-state index is -0.700. The van der Waals surface area contributed by atoms with E-state index in [9.17, 15) is 9.59 Å². The molecule has 25 heavy (non-hydrogen) atoms. The number of aryl methyl sites for hydroxylation is 1. The number of thiophene rings is 1. The molecule has 0 unspecified atom stereocenters. The van der Waals surface area contributed by atoms with E-state index in [0.29, 0.717) is 11.4 Å². The highest BCUT2D eigenvalue weighted by Gasteiger charge is 2.14. The number of hydrogen-bond donors (Lipinski definition) is 2. The third kappa shape index (κ3) is 4.36. The second kappa shape index (κ2) is 7.81. The number of benzene rings is 1. The van der Waals surface area contributed by atoms with Gasteiger partial charge in [-0.05, 0) is 47.7 Å². The summed E-state index contributed by atoms with van der Waals surface area (Å²) in [5.41, 5.74) is 1.76. The van der Waals surface area contributed by atoms with E-state index in [1.54, 1.807) is 29.5 Å². The van der Waals surface area contributed by atoms with E-state index < -0.39 is 11.8 Å². The lowest BCUT2D eigenvalue weighted by Gasteiger charge is -2.06. The van der Waals surface area contributed by atoms with Gasteiger partial charge in [-0.3, -0.25) is 9.59 Å². The molecular weight excluding hydrogens is 336 g/mol. The lowest BCUT2D eigenvalue weighted by atomic mass is 10.1. The van der Waals surface area contributed by atoms with Gasteiger partial charge in [-0.15, -0.1) is 11.3 Å². The molecule has 2 amide bonds. The molecule has 0 spiro atoms. The van der Waals surface area contributed by atoms with Crippen molar-refractivity contribution < 1.29 is 14.0 Å². The van der Waals surface area contributed by atoms with Crippen molar-refractivity contribution in [3.8, 4) is 10.6 Å². The Kier molecular flexibility index (Phi) is 5.30. The number of hydrogen-bond acceptors (Lipinski definition) is 4. The third-order valence-electron chi connectivity index (χ3n) is 3.68. The first-order valence-electron chi connectivity index (χ1n) is 7.96. The normalized spacial score (nSPS) is 10.4. The molecule has 0 radical (unpaired) electrons. The fraction of sp³-hybridized carbons (Fsp3) is 0.158. The van der Waals surface area contributed by atoms with Gasteiger partial charge in [-0.1, -0.05) is 25.1 Å². The van der Waals surface area contributed by atoms with Crippen LogP contribution in [0.15, 0.2) is 58.3 Å². The summed E-state index contributed by atoms with van der Waals surface area (Å²) in [6, 6.07) is 14.9. The number of nitrogens with one attached hydrogen (secondary N) is 2. The van der Waals surface area contributed by atoms with Gasteiger partial charge in [0, 0.05) is 5.69 Å². The molecule has 0 saturated carbocycles. The molecular formula is C19H18N2O3S. The zero-order chi connectivity index (χ0) is 17.6. The van der Waals surface area contributed by atoms with Gasteiger partial charge in [0.05, 0.1) is 11.4 Å². The SMILES string of the molecule is CCc1ccc(NC(=O)C(=O)NCc2ccc(-c3cccs3)o2)cc1. The summed E-state index contributed by atoms with van der Waals surface area (Å²) in [6.45, 7) is 2.21. The van der Waals surface area contributed by atoms with E-state index in [4.69, 9.17) is 4.42 Å². The lowest BCUT2D eigenvalue weighted by Crippen LogP contribution is -2.34. The number of carbonyl (C=O) groups excluding carboxylic acids is 2. The molecule has 1 aromatic carbocycles. The molecule has 3 rings (SSSR count). The first kappa shape index (κ1) is 17.0. The highest BCUT2D eigenvalue weighted by molar-refractivity contribution is 7.13. The minimum absolute atomic E-state index is 0.159. The molecule has 5 nitrogen and oxygen atoms in total. The topological polar surface area (TPSA) is 71.3 Å². The molecule has 3 aromatic rings. The Morgan fingerprint density at radius 2 is 1.84 bits per heavy atom. The van der Waals surface area contributed by atoms with Gasteiger partial charge in [0.15, 0.2) is 0 Å². The quantitative estimate of drug-likeness (QED) is 0.684. The maximum absolute atomic E-state index is 11.9. The van der Waals surface area contributed by atoms with Gasteiger partial charge in [0.25, 0.3) is 0 Å². The Bertz CT molecular complexity index is 851. The Labute approximate surface area is 149 Å². The van der Waals surface area contributed by atoms with Crippen LogP contribution < -0.4 is 10.6 Å². The minimum Gasteiger partial charge on any atom is -0.458 e. The summed E-state index contributed by atoms with van der Waals surface area (Å²) in [5.74, 6) is -0.0560. The summed E-state index contributed by atoms with van der Waals surface area (Å²) in [7, 11) is 0. The number of anilines is 1. The fourth-order valence-corrected chi connectivity index (χ4v) is 2.97. The standard InChI is InChI=1S/C19H18N2O3S/c1-2-13-5-7-14(8-6-13)21-19(23)18(22)20-12-15-9-10-16(24-15)17-4-3-11-25-17/h3-11H,2,12H2,1H3,(H,20,22)(H,21,23). The average molecular weight is 354 g/mol. The molecule has 128 valence electrons. The molecule has 2 N–H and O–H groups in total. The van der Waals surface area contributed by atoms with Crippen LogP contribution >= 0.6 is 11.3 Å². The zero-order valence-corrected chi connectivity index (χ0v) is 14.6. The number of furan rings is 1. The van der Waals surface area contributed by atoms with Crippen molar-refractivity contribution in [1.29, 1.82) is 0 Å². The van der Waals surface area contributed by atoms with Crippen molar-refractivity contribution in [3.63, 3.8) is 0 Å². The van der Waals surface area contributed by atoms with Crippen molar-refractivity contribution in [2.75, 3.05) is 5.32 Å². The van der Waals surface area contributed by atoms with Crippen molar-refractivity contribution in [2.45, 2.75) is 19.9 Å². The maximum atomic E-state index is 11.9. The predicted molar refractivity (Wildman–Crippen MR) is 98.3 cm³/mol. The van der Waals surface area contributed by atoms with Gasteiger partial charge in [0.1, 0.15) is 11.5 Å². The van der Waals surface area contributed by atoms with Crippen LogP contribution in [0.25, 0.3) is 10.6 Å². The monoisotopic (exact) mass is 354 g/mol. The lowest BCUT2D eigenvalue weighted by molar-refractivity contribution is -0.136. The predicted octanol–water partition coefficient (Wildman–Crippen LogP) is 3.83. The van der Waals surface area contributed by atoms with E-state index in [2.05, 4.69) is 17.6 Å². The maximum Gasteiger partial charge on any atom is 0.313 e. The Hall–Kier alpha value is -2.86. The summed E-state index contributed by atoms with van der Waals surface area (Å²) >= 11 is 1.58. The van der Waals surface area contributed by atoms with Crippen molar-refractivity contribution in [2.24, 2.45) is 0 Å². The van der Waals surface area contributed by atoms with Crippen LogP contribution in [0.5, 0.6) is 0 Å². The van der Waals surface area contributed by atoms with Gasteiger partial charge < -0.3 is 15.1 Å². The summed E-state index contributed by atoms with van der Waals surface area (Å²) in [4.78, 5) is 24.9. The average Bonchev–Trinajstić information content (AvgIpc) is 3.31. The second-order valence-electron chi connectivity index (χ2n) is 5.43. The molecule has 0 atom stereocenters. The molecule has 0 aliphatic carbocycles. The van der Waals surface area contributed by atoms with Crippen molar-refractivity contribution in [1.82, 2.24) is 5.32 Å².